The Morgan fingerprint density at radius 2 is 1.89 bits per heavy atom. The molecular weight excluding hydrogens is 318 g/mol. The molecule has 102 valence electrons. The fraction of sp³-hybridized carbons (Fsp3) is 0.167. The SMILES string of the molecule is FC(F)(F)c1ccc(NCc2cc(Cl)cs2)c(Cl)c1. The van der Waals surface area contributed by atoms with Crippen molar-refractivity contribution in [2.75, 3.05) is 5.32 Å². The minimum atomic E-state index is -4.39. The van der Waals surface area contributed by atoms with Gasteiger partial charge in [-0.05, 0) is 24.3 Å². The molecule has 2 aromatic rings. The molecule has 0 spiro atoms. The van der Waals surface area contributed by atoms with Crippen LogP contribution >= 0.6 is 34.5 Å². The molecule has 1 aromatic heterocycles. The van der Waals surface area contributed by atoms with Gasteiger partial charge in [-0.3, -0.25) is 0 Å². The predicted octanol–water partition coefficient (Wildman–Crippen LogP) is 5.69. The lowest BCUT2D eigenvalue weighted by molar-refractivity contribution is -0.137. The van der Waals surface area contributed by atoms with Crippen molar-refractivity contribution in [1.29, 1.82) is 0 Å². The van der Waals surface area contributed by atoms with E-state index >= 15 is 0 Å². The molecule has 1 aromatic carbocycles. The van der Waals surface area contributed by atoms with E-state index in [-0.39, 0.29) is 5.02 Å². The maximum Gasteiger partial charge on any atom is 0.416 e. The number of nitrogens with one attached hydrogen (secondary N) is 1. The Morgan fingerprint density at radius 3 is 2.42 bits per heavy atom. The van der Waals surface area contributed by atoms with Crippen molar-refractivity contribution in [1.82, 2.24) is 0 Å². The van der Waals surface area contributed by atoms with Crippen LogP contribution in [0.5, 0.6) is 0 Å². The molecule has 0 aliphatic carbocycles. The second-order valence-corrected chi connectivity index (χ2v) is 5.62. The van der Waals surface area contributed by atoms with Gasteiger partial charge in [-0.1, -0.05) is 23.2 Å². The third-order valence-corrected chi connectivity index (χ3v) is 3.97. The number of rotatable bonds is 3. The summed E-state index contributed by atoms with van der Waals surface area (Å²) in [5.41, 5.74) is -0.304. The van der Waals surface area contributed by atoms with Crippen LogP contribution in [0.3, 0.4) is 0 Å². The van der Waals surface area contributed by atoms with Gasteiger partial charge in [0.15, 0.2) is 0 Å². The fourth-order valence-corrected chi connectivity index (χ4v) is 2.72. The van der Waals surface area contributed by atoms with Crippen molar-refractivity contribution in [3.8, 4) is 0 Å². The van der Waals surface area contributed by atoms with Gasteiger partial charge in [-0.15, -0.1) is 11.3 Å². The van der Waals surface area contributed by atoms with Crippen molar-refractivity contribution in [3.63, 3.8) is 0 Å². The van der Waals surface area contributed by atoms with Crippen LogP contribution in [0.25, 0.3) is 0 Å². The van der Waals surface area contributed by atoms with Crippen LogP contribution in [-0.2, 0) is 12.7 Å². The molecule has 0 amide bonds. The van der Waals surface area contributed by atoms with Crippen molar-refractivity contribution in [3.05, 3.63) is 50.1 Å². The molecule has 1 heterocycles. The summed E-state index contributed by atoms with van der Waals surface area (Å²) < 4.78 is 37.4. The molecule has 0 atom stereocenters. The van der Waals surface area contributed by atoms with E-state index in [2.05, 4.69) is 5.32 Å². The number of anilines is 1. The first-order valence-electron chi connectivity index (χ1n) is 5.20. The Bertz CT molecular complexity index is 581. The predicted molar refractivity (Wildman–Crippen MR) is 73.1 cm³/mol. The average Bonchev–Trinajstić information content (AvgIpc) is 2.72. The molecule has 2 rings (SSSR count). The standard InChI is InChI=1S/C12H8Cl2F3NS/c13-8-4-9(19-6-8)5-18-11-2-1-7(3-10(11)14)12(15,16)17/h1-4,6,18H,5H2. The molecule has 0 fully saturated rings. The second kappa shape index (κ2) is 5.61. The molecule has 1 nitrogen and oxygen atoms in total. The highest BCUT2D eigenvalue weighted by Gasteiger charge is 2.30. The zero-order valence-electron chi connectivity index (χ0n) is 9.39. The normalized spacial score (nSPS) is 11.6. The van der Waals surface area contributed by atoms with E-state index < -0.39 is 11.7 Å². The molecule has 0 aliphatic rings. The molecule has 7 heteroatoms. The zero-order valence-corrected chi connectivity index (χ0v) is 11.7. The smallest absolute Gasteiger partial charge is 0.379 e. The largest absolute Gasteiger partial charge is 0.416 e. The topological polar surface area (TPSA) is 12.0 Å². The highest BCUT2D eigenvalue weighted by Crippen LogP contribution is 2.34. The van der Waals surface area contributed by atoms with E-state index in [1.54, 1.807) is 11.4 Å². The third kappa shape index (κ3) is 3.78. The van der Waals surface area contributed by atoms with Gasteiger partial charge < -0.3 is 5.32 Å². The Balaban J connectivity index is 2.09. The molecule has 1 N–H and O–H groups in total. The number of hydrogen-bond donors (Lipinski definition) is 1. The van der Waals surface area contributed by atoms with E-state index in [0.29, 0.717) is 17.3 Å². The van der Waals surface area contributed by atoms with Crippen molar-refractivity contribution in [2.45, 2.75) is 12.7 Å². The van der Waals surface area contributed by atoms with E-state index in [1.165, 1.54) is 17.4 Å². The van der Waals surface area contributed by atoms with Crippen molar-refractivity contribution < 1.29 is 13.2 Å². The minimum absolute atomic E-state index is 0.0393. The summed E-state index contributed by atoms with van der Waals surface area (Å²) in [6.07, 6.45) is -4.39. The maximum absolute atomic E-state index is 12.5. The summed E-state index contributed by atoms with van der Waals surface area (Å²) in [7, 11) is 0. The third-order valence-electron chi connectivity index (χ3n) is 2.37. The van der Waals surface area contributed by atoms with Gasteiger partial charge in [0.05, 0.1) is 21.3 Å². The monoisotopic (exact) mass is 325 g/mol. The van der Waals surface area contributed by atoms with Gasteiger partial charge in [0.2, 0.25) is 0 Å². The van der Waals surface area contributed by atoms with Crippen LogP contribution in [0, 0.1) is 0 Å². The first-order chi connectivity index (χ1) is 8.86. The Labute approximate surface area is 122 Å². The maximum atomic E-state index is 12.5. The van der Waals surface area contributed by atoms with Gasteiger partial charge >= 0.3 is 6.18 Å². The van der Waals surface area contributed by atoms with E-state index in [0.717, 1.165) is 17.0 Å². The lowest BCUT2D eigenvalue weighted by atomic mass is 10.2. The number of alkyl halides is 3. The van der Waals surface area contributed by atoms with Crippen molar-refractivity contribution >= 4 is 40.2 Å². The molecule has 0 saturated carbocycles. The van der Waals surface area contributed by atoms with Crippen LogP contribution < -0.4 is 5.32 Å². The number of hydrogen-bond acceptors (Lipinski definition) is 2. The van der Waals surface area contributed by atoms with E-state index in [4.69, 9.17) is 23.2 Å². The second-order valence-electron chi connectivity index (χ2n) is 3.78. The van der Waals surface area contributed by atoms with Crippen LogP contribution in [0.4, 0.5) is 18.9 Å². The summed E-state index contributed by atoms with van der Waals surface area (Å²) in [5.74, 6) is 0. The first-order valence-corrected chi connectivity index (χ1v) is 6.83. The van der Waals surface area contributed by atoms with Crippen molar-refractivity contribution in [2.24, 2.45) is 0 Å². The van der Waals surface area contributed by atoms with Gasteiger partial charge in [-0.2, -0.15) is 13.2 Å². The summed E-state index contributed by atoms with van der Waals surface area (Å²) >= 11 is 13.1. The summed E-state index contributed by atoms with van der Waals surface area (Å²) in [6, 6.07) is 5.01. The first kappa shape index (κ1) is 14.5. The zero-order chi connectivity index (χ0) is 14.0. The molecule has 0 saturated heterocycles. The van der Waals surface area contributed by atoms with E-state index in [1.807, 2.05) is 0 Å². The number of halogens is 5. The molecular formula is C12H8Cl2F3NS. The number of benzene rings is 1. The summed E-state index contributed by atoms with van der Waals surface area (Å²) in [5, 5.41) is 5.44. The summed E-state index contributed by atoms with van der Waals surface area (Å²) in [6.45, 7) is 0.461. The lowest BCUT2D eigenvalue weighted by Crippen LogP contribution is -2.05. The minimum Gasteiger partial charge on any atom is -0.379 e. The quantitative estimate of drug-likeness (QED) is 0.764. The molecule has 19 heavy (non-hydrogen) atoms. The molecule has 0 unspecified atom stereocenters. The molecule has 0 bridgehead atoms. The Kier molecular flexibility index (Phi) is 4.28. The lowest BCUT2D eigenvalue weighted by Gasteiger charge is -2.11. The summed E-state index contributed by atoms with van der Waals surface area (Å²) in [4.78, 5) is 0.973. The van der Waals surface area contributed by atoms with Gasteiger partial charge in [0.1, 0.15) is 0 Å². The highest BCUT2D eigenvalue weighted by atomic mass is 35.5. The molecule has 0 aliphatic heterocycles. The van der Waals surface area contributed by atoms with E-state index in [9.17, 15) is 13.2 Å². The Hall–Kier alpha value is -0.910. The van der Waals surface area contributed by atoms with Crippen LogP contribution in [0.15, 0.2) is 29.6 Å². The van der Waals surface area contributed by atoms with Crippen LogP contribution in [0.2, 0.25) is 10.0 Å². The Morgan fingerprint density at radius 1 is 1.16 bits per heavy atom. The van der Waals surface area contributed by atoms with Crippen LogP contribution in [-0.4, -0.2) is 0 Å². The van der Waals surface area contributed by atoms with Crippen LogP contribution in [0.1, 0.15) is 10.4 Å². The average molecular weight is 326 g/mol. The van der Waals surface area contributed by atoms with Gasteiger partial charge in [0.25, 0.3) is 0 Å². The van der Waals surface area contributed by atoms with Gasteiger partial charge in [0, 0.05) is 16.8 Å². The van der Waals surface area contributed by atoms with Gasteiger partial charge in [-0.25, -0.2) is 0 Å². The highest BCUT2D eigenvalue weighted by molar-refractivity contribution is 7.10. The number of thiophene rings is 1. The molecule has 0 radical (unpaired) electrons. The fourth-order valence-electron chi connectivity index (χ4n) is 1.46.